The number of methoxy groups -OCH3 is 1. The number of piperazine rings is 1. The van der Waals surface area contributed by atoms with Crippen molar-refractivity contribution in [2.75, 3.05) is 57.9 Å². The highest BCUT2D eigenvalue weighted by atomic mass is 16.5. The van der Waals surface area contributed by atoms with Crippen LogP contribution in [-0.4, -0.2) is 63.0 Å². The average Bonchev–Trinajstić information content (AvgIpc) is 3.39. The predicted octanol–water partition coefficient (Wildman–Crippen LogP) is 3.53. The molecular formula is C28H34N4O3. The zero-order valence-corrected chi connectivity index (χ0v) is 20.2. The quantitative estimate of drug-likeness (QED) is 0.461. The highest BCUT2D eigenvalue weighted by Crippen LogP contribution is 2.38. The van der Waals surface area contributed by atoms with E-state index in [1.807, 2.05) is 30.3 Å². The molecule has 0 saturated carbocycles. The molecule has 35 heavy (non-hydrogen) atoms. The maximum atomic E-state index is 10.8. The number of nitrogens with zero attached hydrogens (tertiary/aromatic N) is 2. The average molecular weight is 475 g/mol. The van der Waals surface area contributed by atoms with Gasteiger partial charge < -0.3 is 19.5 Å². The van der Waals surface area contributed by atoms with Crippen LogP contribution in [0.3, 0.4) is 0 Å². The molecule has 2 atom stereocenters. The first kappa shape index (κ1) is 23.5. The van der Waals surface area contributed by atoms with E-state index in [2.05, 4.69) is 57.0 Å². The van der Waals surface area contributed by atoms with Crippen molar-refractivity contribution in [1.29, 1.82) is 0 Å². The summed E-state index contributed by atoms with van der Waals surface area (Å²) in [4.78, 5) is 4.79. The molecule has 2 aliphatic rings. The number of hydrazine groups is 1. The molecule has 2 fully saturated rings. The number of phenols is 1. The molecule has 0 aliphatic carbocycles. The molecular weight excluding hydrogens is 440 g/mol. The number of rotatable bonds is 8. The Morgan fingerprint density at radius 2 is 1.71 bits per heavy atom. The Bertz CT molecular complexity index is 1100. The molecule has 5 rings (SSSR count). The van der Waals surface area contributed by atoms with Gasteiger partial charge >= 0.3 is 0 Å². The molecule has 2 unspecified atom stereocenters. The molecule has 3 N–H and O–H groups in total. The van der Waals surface area contributed by atoms with Crippen LogP contribution in [0.25, 0.3) is 0 Å². The van der Waals surface area contributed by atoms with Gasteiger partial charge in [-0.25, -0.2) is 5.43 Å². The summed E-state index contributed by atoms with van der Waals surface area (Å²) in [6.07, 6.45) is 0. The second-order valence-electron chi connectivity index (χ2n) is 9.09. The maximum Gasteiger partial charge on any atom is 0.142 e. The van der Waals surface area contributed by atoms with Gasteiger partial charge in [0.25, 0.3) is 0 Å². The molecule has 184 valence electrons. The topological polar surface area (TPSA) is 69.2 Å². The third kappa shape index (κ3) is 5.37. The Hall–Kier alpha value is -3.26. The second-order valence-corrected chi connectivity index (χ2v) is 9.09. The van der Waals surface area contributed by atoms with Gasteiger partial charge in [-0.05, 0) is 23.8 Å². The van der Waals surface area contributed by atoms with Crippen LogP contribution in [0.5, 0.6) is 17.2 Å². The molecule has 3 aromatic rings. The van der Waals surface area contributed by atoms with Crippen molar-refractivity contribution in [2.45, 2.75) is 12.0 Å². The van der Waals surface area contributed by atoms with Crippen LogP contribution >= 0.6 is 0 Å². The van der Waals surface area contributed by atoms with Gasteiger partial charge in [-0.2, -0.15) is 0 Å². The number of anilines is 1. The Balaban J connectivity index is 1.12. The number of nitrogens with one attached hydrogen (secondary N) is 2. The number of hydrogen-bond donors (Lipinski definition) is 3. The van der Waals surface area contributed by atoms with E-state index in [0.717, 1.165) is 56.3 Å². The van der Waals surface area contributed by atoms with Gasteiger partial charge in [-0.15, -0.1) is 0 Å². The summed E-state index contributed by atoms with van der Waals surface area (Å²) in [6.45, 7) is 6.13. The van der Waals surface area contributed by atoms with Crippen LogP contribution in [0, 0.1) is 0 Å². The highest BCUT2D eigenvalue weighted by Gasteiger charge is 2.31. The summed E-state index contributed by atoms with van der Waals surface area (Å²) in [5.41, 5.74) is 9.85. The zero-order chi connectivity index (χ0) is 24.0. The zero-order valence-electron chi connectivity index (χ0n) is 20.2. The standard InChI is InChI=1S/C28H34N4O3/c1-34-27-10-6-5-9-25(27)32-15-13-31(14-16-32)17-18-35-22-11-12-23(26(33)19-22)28-24(20-29-30-28)21-7-3-2-4-8-21/h2-12,19,24,28-30,33H,13-18,20H2,1H3. The van der Waals surface area contributed by atoms with E-state index in [-0.39, 0.29) is 17.7 Å². The van der Waals surface area contributed by atoms with Gasteiger partial charge in [0.1, 0.15) is 23.9 Å². The van der Waals surface area contributed by atoms with E-state index in [1.165, 1.54) is 5.56 Å². The number of phenolic OH excluding ortho intramolecular Hbond substituents is 1. The smallest absolute Gasteiger partial charge is 0.142 e. The van der Waals surface area contributed by atoms with Crippen molar-refractivity contribution in [3.63, 3.8) is 0 Å². The number of benzene rings is 3. The minimum absolute atomic E-state index is 0.00554. The SMILES string of the molecule is COc1ccccc1N1CCN(CCOc2ccc(C3NNCC3c3ccccc3)c(O)c2)CC1. The summed E-state index contributed by atoms with van der Waals surface area (Å²) >= 11 is 0. The molecule has 3 aromatic carbocycles. The highest BCUT2D eigenvalue weighted by molar-refractivity contribution is 5.58. The summed E-state index contributed by atoms with van der Waals surface area (Å²) in [5.74, 6) is 2.13. The minimum Gasteiger partial charge on any atom is -0.507 e. The van der Waals surface area contributed by atoms with Gasteiger partial charge in [-0.1, -0.05) is 48.5 Å². The van der Waals surface area contributed by atoms with E-state index < -0.39 is 0 Å². The monoisotopic (exact) mass is 474 g/mol. The van der Waals surface area contributed by atoms with Crippen molar-refractivity contribution in [3.05, 3.63) is 83.9 Å². The molecule has 0 radical (unpaired) electrons. The fourth-order valence-corrected chi connectivity index (χ4v) is 5.07. The van der Waals surface area contributed by atoms with E-state index in [0.29, 0.717) is 12.4 Å². The fourth-order valence-electron chi connectivity index (χ4n) is 5.07. The van der Waals surface area contributed by atoms with Crippen molar-refractivity contribution < 1.29 is 14.6 Å². The van der Waals surface area contributed by atoms with Crippen molar-refractivity contribution in [2.24, 2.45) is 0 Å². The molecule has 0 bridgehead atoms. The molecule has 7 nitrogen and oxygen atoms in total. The predicted molar refractivity (Wildman–Crippen MR) is 138 cm³/mol. The molecule has 0 amide bonds. The third-order valence-electron chi connectivity index (χ3n) is 7.02. The van der Waals surface area contributed by atoms with Crippen molar-refractivity contribution >= 4 is 5.69 Å². The Morgan fingerprint density at radius 3 is 2.49 bits per heavy atom. The Labute approximate surface area is 207 Å². The lowest BCUT2D eigenvalue weighted by Gasteiger charge is -2.36. The van der Waals surface area contributed by atoms with E-state index >= 15 is 0 Å². The molecule has 2 heterocycles. The van der Waals surface area contributed by atoms with Crippen LogP contribution in [0.15, 0.2) is 72.8 Å². The van der Waals surface area contributed by atoms with Crippen LogP contribution in [0.4, 0.5) is 5.69 Å². The molecule has 0 spiro atoms. The van der Waals surface area contributed by atoms with E-state index in [1.54, 1.807) is 13.2 Å². The lowest BCUT2D eigenvalue weighted by molar-refractivity contribution is 0.200. The summed E-state index contributed by atoms with van der Waals surface area (Å²) < 4.78 is 11.5. The van der Waals surface area contributed by atoms with Crippen molar-refractivity contribution in [1.82, 2.24) is 15.8 Å². The van der Waals surface area contributed by atoms with Crippen molar-refractivity contribution in [3.8, 4) is 17.2 Å². The number of para-hydroxylation sites is 2. The normalized spacial score (nSPS) is 20.7. The van der Waals surface area contributed by atoms with Gasteiger partial charge in [0.05, 0.1) is 18.8 Å². The number of hydrogen-bond acceptors (Lipinski definition) is 7. The lowest BCUT2D eigenvalue weighted by Crippen LogP contribution is -2.47. The molecule has 7 heteroatoms. The third-order valence-corrected chi connectivity index (χ3v) is 7.02. The van der Waals surface area contributed by atoms with Crippen LogP contribution < -0.4 is 25.2 Å². The Kier molecular flexibility index (Phi) is 7.37. The maximum absolute atomic E-state index is 10.8. The minimum atomic E-state index is 0.00554. The Morgan fingerprint density at radius 1 is 0.943 bits per heavy atom. The van der Waals surface area contributed by atoms with Gasteiger partial charge in [0, 0.05) is 56.8 Å². The molecule has 0 aromatic heterocycles. The largest absolute Gasteiger partial charge is 0.507 e. The number of aromatic hydroxyl groups is 1. The van der Waals surface area contributed by atoms with E-state index in [9.17, 15) is 5.11 Å². The fraction of sp³-hybridized carbons (Fsp3) is 0.357. The van der Waals surface area contributed by atoms with Crippen LogP contribution in [0.1, 0.15) is 23.1 Å². The van der Waals surface area contributed by atoms with Crippen LogP contribution in [-0.2, 0) is 0 Å². The first-order chi connectivity index (χ1) is 17.2. The second kappa shape index (κ2) is 11.0. The summed E-state index contributed by atoms with van der Waals surface area (Å²) in [5, 5.41) is 10.8. The number of ether oxygens (including phenoxy) is 2. The van der Waals surface area contributed by atoms with Gasteiger partial charge in [-0.3, -0.25) is 10.3 Å². The first-order valence-electron chi connectivity index (χ1n) is 12.3. The van der Waals surface area contributed by atoms with Gasteiger partial charge in [0.2, 0.25) is 0 Å². The lowest BCUT2D eigenvalue weighted by atomic mass is 9.88. The molecule has 2 aliphatic heterocycles. The van der Waals surface area contributed by atoms with E-state index in [4.69, 9.17) is 9.47 Å². The molecule has 2 saturated heterocycles. The summed E-state index contributed by atoms with van der Waals surface area (Å²) in [7, 11) is 1.72. The first-order valence-corrected chi connectivity index (χ1v) is 12.3. The summed E-state index contributed by atoms with van der Waals surface area (Å²) in [6, 6.07) is 24.3. The van der Waals surface area contributed by atoms with Gasteiger partial charge in [0.15, 0.2) is 0 Å². The van der Waals surface area contributed by atoms with Crippen LogP contribution in [0.2, 0.25) is 0 Å².